The fourth-order valence-corrected chi connectivity index (χ4v) is 5.41. The maximum atomic E-state index is 13.2. The summed E-state index contributed by atoms with van der Waals surface area (Å²) in [5.41, 5.74) is 3.02. The van der Waals surface area contributed by atoms with Crippen molar-refractivity contribution >= 4 is 31.0 Å². The van der Waals surface area contributed by atoms with Gasteiger partial charge in [0, 0.05) is 50.9 Å². The van der Waals surface area contributed by atoms with Crippen LogP contribution in [0.2, 0.25) is 0 Å². The van der Waals surface area contributed by atoms with E-state index in [-0.39, 0.29) is 25.9 Å². The first-order valence-corrected chi connectivity index (χ1v) is 14.5. The van der Waals surface area contributed by atoms with Crippen molar-refractivity contribution in [1.82, 2.24) is 20.2 Å². The number of nitrogens with one attached hydrogen (secondary N) is 2. The second-order valence-electron chi connectivity index (χ2n) is 11.0. The Morgan fingerprint density at radius 3 is 2.76 bits per heavy atom. The van der Waals surface area contributed by atoms with E-state index in [9.17, 15) is 9.90 Å². The highest BCUT2D eigenvalue weighted by atomic mass is 32.1. The Labute approximate surface area is 253 Å². The molecule has 2 fully saturated rings. The number of amides is 1. The van der Waals surface area contributed by atoms with Crippen LogP contribution in [0.15, 0.2) is 47.3 Å². The summed E-state index contributed by atoms with van der Waals surface area (Å²) >= 11 is 0. The minimum absolute atomic E-state index is 0. The molecule has 3 aromatic rings. The zero-order valence-electron chi connectivity index (χ0n) is 23.8. The molecule has 4 heterocycles. The first-order valence-electron chi connectivity index (χ1n) is 14.5. The number of aromatic nitrogens is 2. The van der Waals surface area contributed by atoms with Crippen LogP contribution in [0.4, 0.5) is 11.6 Å². The van der Waals surface area contributed by atoms with Crippen molar-refractivity contribution in [3.05, 3.63) is 65.4 Å². The monoisotopic (exact) mass is 596 g/mol. The molecule has 0 bridgehead atoms. The molecule has 6 rings (SSSR count). The smallest absolute Gasteiger partial charge is 0.251 e. The van der Waals surface area contributed by atoms with Gasteiger partial charge in [0.15, 0.2) is 12.2 Å². The molecule has 3 aliphatic rings. The summed E-state index contributed by atoms with van der Waals surface area (Å²) in [7, 11) is 0. The standard InChI is InChI=1S/C30H38N6O5.H2S/c37-25(18-35-7-6-21-12-26(5-4-22(21)17-35)40-19-27-16-31-20-41-27)15-32-30(38)23-13-28(33-24-2-1-3-24)34-29(14-23)36-8-10-39-11-9-36;/h4-5,12-14,16,20,24-25,37H,1-3,6-11,15,17-19H2,(H,32,38)(H,33,34);1H2/t25-;/m0./s1. The third-order valence-corrected chi connectivity index (χ3v) is 7.97. The molecule has 0 spiro atoms. The summed E-state index contributed by atoms with van der Waals surface area (Å²) < 4.78 is 16.5. The number of β-amino-alcohol motifs (C(OH)–C–C–N with tert-alkyl or cyclic N) is 1. The topological polar surface area (TPSA) is 125 Å². The fourth-order valence-electron chi connectivity index (χ4n) is 5.41. The molecule has 0 unspecified atom stereocenters. The van der Waals surface area contributed by atoms with Gasteiger partial charge in [-0.15, -0.1) is 0 Å². The summed E-state index contributed by atoms with van der Waals surface area (Å²) in [5, 5.41) is 17.2. The normalized spacial score (nSPS) is 17.9. The van der Waals surface area contributed by atoms with Gasteiger partial charge >= 0.3 is 0 Å². The Morgan fingerprint density at radius 1 is 1.14 bits per heavy atom. The molecule has 42 heavy (non-hydrogen) atoms. The lowest BCUT2D eigenvalue weighted by molar-refractivity contribution is 0.0841. The van der Waals surface area contributed by atoms with E-state index in [1.54, 1.807) is 6.20 Å². The fraction of sp³-hybridized carbons (Fsp3) is 0.500. The Morgan fingerprint density at radius 2 is 2.00 bits per heavy atom. The van der Waals surface area contributed by atoms with Crippen LogP contribution < -0.4 is 20.3 Å². The van der Waals surface area contributed by atoms with Crippen molar-refractivity contribution in [2.75, 3.05) is 56.2 Å². The third kappa shape index (κ3) is 7.74. The number of carbonyl (C=O) groups excluding carboxylic acids is 1. The van der Waals surface area contributed by atoms with Gasteiger partial charge in [-0.2, -0.15) is 13.5 Å². The van der Waals surface area contributed by atoms with Crippen LogP contribution in [0.25, 0.3) is 0 Å². The van der Waals surface area contributed by atoms with Gasteiger partial charge < -0.3 is 34.5 Å². The van der Waals surface area contributed by atoms with Crippen molar-refractivity contribution in [2.24, 2.45) is 0 Å². The van der Waals surface area contributed by atoms with Gasteiger partial charge in [0.05, 0.1) is 25.5 Å². The number of hydrogen-bond acceptors (Lipinski definition) is 10. The molecule has 1 saturated carbocycles. The van der Waals surface area contributed by atoms with Gasteiger partial charge in [0.2, 0.25) is 0 Å². The highest BCUT2D eigenvalue weighted by Crippen LogP contribution is 2.26. The summed E-state index contributed by atoms with van der Waals surface area (Å²) in [6.45, 7) is 5.36. The number of rotatable bonds is 11. The van der Waals surface area contributed by atoms with Gasteiger partial charge in [-0.3, -0.25) is 9.69 Å². The molecule has 1 saturated heterocycles. The molecule has 12 heteroatoms. The first kappa shape index (κ1) is 30.1. The Bertz CT molecular complexity index is 1320. The summed E-state index contributed by atoms with van der Waals surface area (Å²) in [6, 6.07) is 10.2. The molecule has 3 N–H and O–H groups in total. The Kier molecular flexibility index (Phi) is 10.2. The lowest BCUT2D eigenvalue weighted by atomic mass is 9.93. The SMILES string of the molecule is O=C(NC[C@H](O)CN1CCc2cc(OCc3cnco3)ccc2C1)c1cc(NC2CCC2)nc(N2CCOCC2)c1.S. The number of nitrogens with zero attached hydrogens (tertiary/aromatic N) is 4. The van der Waals surface area contributed by atoms with Gasteiger partial charge in [-0.25, -0.2) is 9.97 Å². The molecular formula is C30H40N6O5S. The quantitative estimate of drug-likeness (QED) is 0.304. The zero-order chi connectivity index (χ0) is 28.0. The van der Waals surface area contributed by atoms with Crippen LogP contribution >= 0.6 is 13.5 Å². The van der Waals surface area contributed by atoms with Crippen molar-refractivity contribution < 1.29 is 23.8 Å². The second kappa shape index (κ2) is 14.2. The van der Waals surface area contributed by atoms with Crippen LogP contribution in [0.5, 0.6) is 5.75 Å². The average molecular weight is 597 g/mol. The van der Waals surface area contributed by atoms with E-state index >= 15 is 0 Å². The molecule has 1 aromatic carbocycles. The number of pyridine rings is 1. The van der Waals surface area contributed by atoms with Crippen LogP contribution in [-0.2, 0) is 24.3 Å². The number of ether oxygens (including phenoxy) is 2. The van der Waals surface area contributed by atoms with E-state index in [0.29, 0.717) is 43.7 Å². The van der Waals surface area contributed by atoms with Gasteiger partial charge in [0.1, 0.15) is 24.0 Å². The van der Waals surface area contributed by atoms with Crippen LogP contribution in [0.1, 0.15) is 46.5 Å². The number of hydrogen-bond donors (Lipinski definition) is 3. The number of anilines is 2. The maximum absolute atomic E-state index is 13.2. The van der Waals surface area contributed by atoms with Gasteiger partial charge in [-0.1, -0.05) is 6.07 Å². The molecule has 0 radical (unpaired) electrons. The van der Waals surface area contributed by atoms with Crippen molar-refractivity contribution in [3.63, 3.8) is 0 Å². The van der Waals surface area contributed by atoms with E-state index in [0.717, 1.165) is 62.8 Å². The lowest BCUT2D eigenvalue weighted by Crippen LogP contribution is -2.42. The largest absolute Gasteiger partial charge is 0.486 e. The number of oxazole rings is 1. The molecule has 1 aliphatic carbocycles. The number of carbonyl (C=O) groups is 1. The van der Waals surface area contributed by atoms with E-state index in [2.05, 4.69) is 37.6 Å². The van der Waals surface area contributed by atoms with Gasteiger partial charge in [-0.05, 0) is 61.1 Å². The first-order chi connectivity index (χ1) is 20.1. The molecule has 1 amide bonds. The van der Waals surface area contributed by atoms with Gasteiger partial charge in [0.25, 0.3) is 5.91 Å². The zero-order valence-corrected chi connectivity index (χ0v) is 24.8. The summed E-state index contributed by atoms with van der Waals surface area (Å²) in [5.74, 6) is 2.78. The molecule has 226 valence electrons. The van der Waals surface area contributed by atoms with E-state index in [1.807, 2.05) is 18.2 Å². The third-order valence-electron chi connectivity index (χ3n) is 7.97. The molecule has 1 atom stereocenters. The minimum Gasteiger partial charge on any atom is -0.486 e. The van der Waals surface area contributed by atoms with E-state index in [1.165, 1.54) is 23.9 Å². The Hall–Kier alpha value is -3.32. The van der Waals surface area contributed by atoms with Crippen molar-refractivity contribution in [1.29, 1.82) is 0 Å². The highest BCUT2D eigenvalue weighted by molar-refractivity contribution is 7.59. The molecule has 11 nitrogen and oxygen atoms in total. The predicted molar refractivity (Wildman–Crippen MR) is 164 cm³/mol. The number of fused-ring (bicyclic) bond motifs is 1. The Balaban J connectivity index is 0.00000353. The van der Waals surface area contributed by atoms with Crippen LogP contribution in [0.3, 0.4) is 0 Å². The lowest BCUT2D eigenvalue weighted by Gasteiger charge is -2.31. The van der Waals surface area contributed by atoms with Crippen LogP contribution in [0, 0.1) is 0 Å². The van der Waals surface area contributed by atoms with Crippen LogP contribution in [-0.4, -0.2) is 84.0 Å². The number of morpholine rings is 1. The molecule has 2 aliphatic heterocycles. The van der Waals surface area contributed by atoms with E-state index < -0.39 is 6.10 Å². The summed E-state index contributed by atoms with van der Waals surface area (Å²) in [4.78, 5) is 26.2. The number of aliphatic hydroxyl groups excluding tert-OH is 1. The molecular weight excluding hydrogens is 556 g/mol. The average Bonchev–Trinajstić information content (AvgIpc) is 3.51. The summed E-state index contributed by atoms with van der Waals surface area (Å²) in [6.07, 6.45) is 6.69. The minimum atomic E-state index is -0.682. The number of benzene rings is 1. The van der Waals surface area contributed by atoms with E-state index in [4.69, 9.17) is 18.9 Å². The van der Waals surface area contributed by atoms with Crippen molar-refractivity contribution in [2.45, 2.75) is 51.0 Å². The predicted octanol–water partition coefficient (Wildman–Crippen LogP) is 2.71. The van der Waals surface area contributed by atoms with Crippen molar-refractivity contribution in [3.8, 4) is 5.75 Å². The highest BCUT2D eigenvalue weighted by Gasteiger charge is 2.23. The molecule has 2 aromatic heterocycles. The maximum Gasteiger partial charge on any atom is 0.251 e. The second-order valence-corrected chi connectivity index (χ2v) is 11.0. The number of aliphatic hydroxyl groups is 1.